The van der Waals surface area contributed by atoms with Crippen LogP contribution in [0.25, 0.3) is 146 Å². The van der Waals surface area contributed by atoms with Gasteiger partial charge < -0.3 is 9.47 Å². The summed E-state index contributed by atoms with van der Waals surface area (Å²) in [5.74, 6) is 0. The summed E-state index contributed by atoms with van der Waals surface area (Å²) >= 11 is 1.86. The van der Waals surface area contributed by atoms with Gasteiger partial charge in [0.25, 0.3) is 0 Å². The number of para-hydroxylation sites is 1. The van der Waals surface area contributed by atoms with E-state index in [2.05, 4.69) is 313 Å². The van der Waals surface area contributed by atoms with Gasteiger partial charge in [0, 0.05) is 47.9 Å². The van der Waals surface area contributed by atoms with Gasteiger partial charge in [0.1, 0.15) is 0 Å². The molecule has 0 N–H and O–H groups in total. The molecule has 0 fully saturated rings. The van der Waals surface area contributed by atoms with Crippen LogP contribution in [0.3, 0.4) is 0 Å². The van der Waals surface area contributed by atoms with Crippen LogP contribution in [0.5, 0.6) is 0 Å². The monoisotopic (exact) mass is 1070 g/mol. The van der Waals surface area contributed by atoms with E-state index in [1.807, 2.05) is 11.3 Å². The molecule has 2 nitrogen and oxygen atoms in total. The zero-order valence-electron chi connectivity index (χ0n) is 45.2. The van der Waals surface area contributed by atoms with Crippen LogP contribution in [0.15, 0.2) is 303 Å². The molecule has 386 valence electrons. The third kappa shape index (κ3) is 7.63. The molecule has 2 aromatic heterocycles. The first-order valence-corrected chi connectivity index (χ1v) is 29.4. The number of fused-ring (bicyclic) bond motifs is 15. The van der Waals surface area contributed by atoms with E-state index in [1.165, 1.54) is 118 Å². The maximum Gasteiger partial charge on any atom is 0.0554 e. The Kier molecular flexibility index (Phi) is 10.8. The molecule has 0 saturated heterocycles. The van der Waals surface area contributed by atoms with Gasteiger partial charge in [0.05, 0.1) is 22.4 Å². The molecule has 0 aliphatic heterocycles. The molecule has 0 bridgehead atoms. The van der Waals surface area contributed by atoms with Crippen LogP contribution >= 0.6 is 11.3 Å². The van der Waals surface area contributed by atoms with Crippen molar-refractivity contribution in [3.05, 3.63) is 303 Å². The largest absolute Gasteiger partial charge is 0.310 e. The van der Waals surface area contributed by atoms with E-state index in [0.717, 1.165) is 44.9 Å². The van der Waals surface area contributed by atoms with Crippen molar-refractivity contribution >= 4 is 124 Å². The van der Waals surface area contributed by atoms with Crippen LogP contribution in [0.4, 0.5) is 17.1 Å². The van der Waals surface area contributed by atoms with Crippen LogP contribution in [-0.2, 0) is 0 Å². The second kappa shape index (κ2) is 19.0. The van der Waals surface area contributed by atoms with Crippen LogP contribution in [0.2, 0.25) is 0 Å². The Balaban J connectivity index is 0.844. The Hall–Kier alpha value is -10.6. The lowest BCUT2D eigenvalue weighted by atomic mass is 9.91. The van der Waals surface area contributed by atoms with E-state index in [4.69, 9.17) is 0 Å². The number of hydrogen-bond donors (Lipinski definition) is 0. The molecule has 3 heteroatoms. The maximum atomic E-state index is 2.51. The highest BCUT2D eigenvalue weighted by Crippen LogP contribution is 2.47. The van der Waals surface area contributed by atoms with E-state index < -0.39 is 0 Å². The van der Waals surface area contributed by atoms with Gasteiger partial charge in [-0.2, -0.15) is 0 Å². The van der Waals surface area contributed by atoms with Gasteiger partial charge in [-0.3, -0.25) is 0 Å². The molecule has 17 aromatic rings. The van der Waals surface area contributed by atoms with E-state index in [0.29, 0.717) is 0 Å². The Morgan fingerprint density at radius 2 is 0.711 bits per heavy atom. The van der Waals surface area contributed by atoms with Crippen molar-refractivity contribution in [3.8, 4) is 50.2 Å². The van der Waals surface area contributed by atoms with Gasteiger partial charge in [0.15, 0.2) is 0 Å². The average Bonchev–Trinajstić information content (AvgIpc) is 4.03. The fourth-order valence-corrected chi connectivity index (χ4v) is 14.6. The lowest BCUT2D eigenvalue weighted by molar-refractivity contribution is 1.18. The van der Waals surface area contributed by atoms with E-state index in [1.54, 1.807) is 0 Å². The van der Waals surface area contributed by atoms with E-state index in [-0.39, 0.29) is 0 Å². The smallest absolute Gasteiger partial charge is 0.0554 e. The number of hydrogen-bond acceptors (Lipinski definition) is 2. The molecule has 15 aromatic carbocycles. The van der Waals surface area contributed by atoms with E-state index in [9.17, 15) is 0 Å². The zero-order valence-corrected chi connectivity index (χ0v) is 46.0. The van der Waals surface area contributed by atoms with Crippen molar-refractivity contribution in [1.29, 1.82) is 0 Å². The fourth-order valence-electron chi connectivity index (χ4n) is 13.5. The molecule has 0 aliphatic carbocycles. The Bertz CT molecular complexity index is 5400. The van der Waals surface area contributed by atoms with Crippen molar-refractivity contribution in [3.63, 3.8) is 0 Å². The first-order chi connectivity index (χ1) is 41.2. The lowest BCUT2D eigenvalue weighted by Crippen LogP contribution is -2.10. The highest BCUT2D eigenvalue weighted by molar-refractivity contribution is 7.26. The van der Waals surface area contributed by atoms with Gasteiger partial charge in [-0.1, -0.05) is 218 Å². The second-order valence-corrected chi connectivity index (χ2v) is 23.0. The first kappa shape index (κ1) is 47.2. The van der Waals surface area contributed by atoms with Gasteiger partial charge in [-0.25, -0.2) is 0 Å². The fraction of sp³-hybridized carbons (Fsp3) is 0. The highest BCUT2D eigenvalue weighted by atomic mass is 32.1. The van der Waals surface area contributed by atoms with Crippen LogP contribution in [0.1, 0.15) is 0 Å². The Morgan fingerprint density at radius 3 is 1.41 bits per heavy atom. The number of nitrogens with zero attached hydrogens (tertiary/aromatic N) is 2. The maximum absolute atomic E-state index is 2.51. The summed E-state index contributed by atoms with van der Waals surface area (Å²) < 4.78 is 5.07. The molecular formula is C80H50N2S. The molecule has 17 rings (SSSR count). The zero-order chi connectivity index (χ0) is 54.5. The molecule has 83 heavy (non-hydrogen) atoms. The average molecular weight is 1070 g/mol. The molecule has 0 unspecified atom stereocenters. The molecule has 0 atom stereocenters. The molecule has 0 radical (unpaired) electrons. The third-order valence-electron chi connectivity index (χ3n) is 17.4. The Morgan fingerprint density at radius 1 is 0.253 bits per heavy atom. The van der Waals surface area contributed by atoms with Crippen molar-refractivity contribution in [2.24, 2.45) is 0 Å². The normalized spacial score (nSPS) is 11.9. The molecular weight excluding hydrogens is 1020 g/mol. The van der Waals surface area contributed by atoms with Crippen molar-refractivity contribution < 1.29 is 0 Å². The standard InChI is InChI=1S/C80H50N2S/c1-2-17-51(18-3-1)52-33-40-58(41-34-52)81(77-30-16-32-79-80(77)69-28-13-15-31-78(69)83-79)59-42-35-53(36-43-59)54-38-45-75-72(47-54)73-50-57(70-48-55-19-4-5-20-60(55)62-22-6-10-26-66(62)70)39-46-76(73)82(75)74-29-14-12-21-61(74)56-37-44-68-65-25-8-7-23-63(65)64-24-9-11-27-67(64)71(68)49-56/h1-50H. The predicted octanol–water partition coefficient (Wildman–Crippen LogP) is 23.1. The summed E-state index contributed by atoms with van der Waals surface area (Å²) in [6, 6.07) is 113. The number of aromatic nitrogens is 1. The van der Waals surface area contributed by atoms with Crippen LogP contribution in [0, 0.1) is 0 Å². The number of rotatable bonds is 8. The Labute approximate surface area is 484 Å². The first-order valence-electron chi connectivity index (χ1n) is 28.6. The summed E-state index contributed by atoms with van der Waals surface area (Å²) in [5.41, 5.74) is 16.3. The summed E-state index contributed by atoms with van der Waals surface area (Å²) in [6.45, 7) is 0. The van der Waals surface area contributed by atoms with Gasteiger partial charge in [-0.15, -0.1) is 11.3 Å². The predicted molar refractivity (Wildman–Crippen MR) is 358 cm³/mol. The van der Waals surface area contributed by atoms with Crippen molar-refractivity contribution in [2.75, 3.05) is 4.90 Å². The highest BCUT2D eigenvalue weighted by Gasteiger charge is 2.22. The van der Waals surface area contributed by atoms with Crippen LogP contribution in [-0.4, -0.2) is 4.57 Å². The SMILES string of the molecule is c1ccc(-c2ccc(N(c3ccc(-c4ccc5c(c4)c4cc(-c6cc7ccccc7c7ccccc67)ccc4n5-c4ccccc4-c4ccc5c6ccccc6c6ccccc6c5c4)cc3)c3cccc4sc5ccccc5c34)cc2)cc1. The number of anilines is 3. The minimum Gasteiger partial charge on any atom is -0.310 e. The summed E-state index contributed by atoms with van der Waals surface area (Å²) in [7, 11) is 0. The second-order valence-electron chi connectivity index (χ2n) is 21.9. The topological polar surface area (TPSA) is 8.17 Å². The molecule has 2 heterocycles. The lowest BCUT2D eigenvalue weighted by Gasteiger charge is -2.27. The molecule has 0 saturated carbocycles. The summed E-state index contributed by atoms with van der Waals surface area (Å²) in [4.78, 5) is 2.44. The minimum atomic E-state index is 1.10. The third-order valence-corrected chi connectivity index (χ3v) is 18.5. The molecule has 0 spiro atoms. The van der Waals surface area contributed by atoms with Crippen molar-refractivity contribution in [1.82, 2.24) is 4.57 Å². The summed E-state index contributed by atoms with van der Waals surface area (Å²) in [6.07, 6.45) is 0. The van der Waals surface area contributed by atoms with E-state index >= 15 is 0 Å². The van der Waals surface area contributed by atoms with Gasteiger partial charge in [-0.05, 0) is 178 Å². The molecule has 0 aliphatic rings. The number of benzene rings is 15. The summed E-state index contributed by atoms with van der Waals surface area (Å²) in [5, 5.41) is 17.6. The number of thiophene rings is 1. The van der Waals surface area contributed by atoms with Crippen LogP contribution < -0.4 is 4.90 Å². The minimum absolute atomic E-state index is 1.10. The van der Waals surface area contributed by atoms with Crippen molar-refractivity contribution in [2.45, 2.75) is 0 Å². The molecule has 0 amide bonds. The van der Waals surface area contributed by atoms with Gasteiger partial charge >= 0.3 is 0 Å². The quantitative estimate of drug-likeness (QED) is 0.138. The van der Waals surface area contributed by atoms with Gasteiger partial charge in [0.2, 0.25) is 0 Å².